The summed E-state index contributed by atoms with van der Waals surface area (Å²) in [4.78, 5) is 11.3. The van der Waals surface area contributed by atoms with Crippen LogP contribution in [0.15, 0.2) is 6.33 Å². The molecule has 2 rings (SSSR count). The first-order valence-electron chi connectivity index (χ1n) is 7.12. The summed E-state index contributed by atoms with van der Waals surface area (Å²) in [6.45, 7) is 9.55. The molecule has 1 N–H and O–H groups in total. The van der Waals surface area contributed by atoms with Gasteiger partial charge in [-0.1, -0.05) is 6.92 Å². The number of hydrogen-bond donors (Lipinski definition) is 1. The normalized spacial score (nSPS) is 14.6. The van der Waals surface area contributed by atoms with Gasteiger partial charge in [0.05, 0.1) is 0 Å². The van der Waals surface area contributed by atoms with Crippen LogP contribution in [0.25, 0.3) is 0 Å². The molecule has 0 spiro atoms. The molecular weight excluding hydrogens is 224 g/mol. The van der Waals surface area contributed by atoms with Crippen LogP contribution >= 0.6 is 0 Å². The number of rotatable bonds is 7. The second kappa shape index (κ2) is 6.03. The van der Waals surface area contributed by atoms with Crippen LogP contribution in [0.4, 0.5) is 11.6 Å². The van der Waals surface area contributed by atoms with E-state index in [4.69, 9.17) is 0 Å². The fraction of sp³-hybridized carbons (Fsp3) is 0.714. The maximum absolute atomic E-state index is 4.52. The van der Waals surface area contributed by atoms with Gasteiger partial charge in [0.25, 0.3) is 0 Å². The van der Waals surface area contributed by atoms with E-state index in [1.807, 2.05) is 0 Å². The van der Waals surface area contributed by atoms with Gasteiger partial charge in [-0.25, -0.2) is 9.97 Å². The molecule has 0 amide bonds. The molecule has 100 valence electrons. The predicted octanol–water partition coefficient (Wildman–Crippen LogP) is 2.71. The Balaban J connectivity index is 2.25. The Kier molecular flexibility index (Phi) is 4.39. The van der Waals surface area contributed by atoms with Gasteiger partial charge in [0.15, 0.2) is 0 Å². The van der Waals surface area contributed by atoms with Gasteiger partial charge in [-0.2, -0.15) is 0 Å². The number of nitrogens with zero attached hydrogens (tertiary/aromatic N) is 3. The van der Waals surface area contributed by atoms with E-state index in [2.05, 4.69) is 41.0 Å². The highest BCUT2D eigenvalue weighted by Gasteiger charge is 2.25. The molecule has 1 fully saturated rings. The molecule has 4 nitrogen and oxygen atoms in total. The Morgan fingerprint density at radius 3 is 2.61 bits per heavy atom. The van der Waals surface area contributed by atoms with E-state index in [0.717, 1.165) is 43.6 Å². The molecule has 1 saturated carbocycles. The molecule has 1 aromatic heterocycles. The minimum Gasteiger partial charge on any atom is -0.370 e. The van der Waals surface area contributed by atoms with Crippen molar-refractivity contribution in [2.45, 2.75) is 40.0 Å². The summed E-state index contributed by atoms with van der Waals surface area (Å²) < 4.78 is 0. The minimum absolute atomic E-state index is 0.882. The number of anilines is 2. The number of hydrogen-bond acceptors (Lipinski definition) is 4. The summed E-state index contributed by atoms with van der Waals surface area (Å²) in [5.41, 5.74) is 1.25. The smallest absolute Gasteiger partial charge is 0.137 e. The molecule has 1 aliphatic rings. The first-order chi connectivity index (χ1) is 8.80. The lowest BCUT2D eigenvalue weighted by molar-refractivity contribution is 0.725. The van der Waals surface area contributed by atoms with Crippen LogP contribution in [0.1, 0.15) is 39.2 Å². The third-order valence-corrected chi connectivity index (χ3v) is 3.48. The van der Waals surface area contributed by atoms with Crippen LogP contribution in [-0.2, 0) is 6.42 Å². The Bertz CT molecular complexity index is 387. The van der Waals surface area contributed by atoms with Crippen molar-refractivity contribution >= 4 is 11.6 Å². The summed E-state index contributed by atoms with van der Waals surface area (Å²) in [5.74, 6) is 3.00. The third-order valence-electron chi connectivity index (χ3n) is 3.48. The molecular formula is C14H24N4. The fourth-order valence-electron chi connectivity index (χ4n) is 2.30. The summed E-state index contributed by atoms with van der Waals surface area (Å²) in [7, 11) is 0. The van der Waals surface area contributed by atoms with Crippen LogP contribution in [0.2, 0.25) is 0 Å². The van der Waals surface area contributed by atoms with Crippen molar-refractivity contribution < 1.29 is 0 Å². The van der Waals surface area contributed by atoms with Gasteiger partial charge in [-0.15, -0.1) is 0 Å². The SMILES string of the molecule is CCNc1ncnc(N(CC)CC2CC2)c1CC. The van der Waals surface area contributed by atoms with Crippen molar-refractivity contribution in [3.63, 3.8) is 0 Å². The van der Waals surface area contributed by atoms with Crippen LogP contribution in [0, 0.1) is 5.92 Å². The average Bonchev–Trinajstić information content (AvgIpc) is 3.20. The Morgan fingerprint density at radius 2 is 2.06 bits per heavy atom. The summed E-state index contributed by atoms with van der Waals surface area (Å²) in [6.07, 6.45) is 5.41. The van der Waals surface area contributed by atoms with Gasteiger partial charge in [0.2, 0.25) is 0 Å². The van der Waals surface area contributed by atoms with Crippen molar-refractivity contribution in [3.8, 4) is 0 Å². The molecule has 0 aromatic carbocycles. The van der Waals surface area contributed by atoms with Gasteiger partial charge < -0.3 is 10.2 Å². The second-order valence-electron chi connectivity index (χ2n) is 4.89. The van der Waals surface area contributed by atoms with E-state index in [9.17, 15) is 0 Å². The molecule has 0 bridgehead atoms. The van der Waals surface area contributed by atoms with Crippen LogP contribution in [0.3, 0.4) is 0 Å². The predicted molar refractivity (Wildman–Crippen MR) is 76.2 cm³/mol. The van der Waals surface area contributed by atoms with E-state index >= 15 is 0 Å². The van der Waals surface area contributed by atoms with E-state index in [1.165, 1.54) is 18.4 Å². The summed E-state index contributed by atoms with van der Waals surface area (Å²) in [6, 6.07) is 0. The van der Waals surface area contributed by atoms with Crippen LogP contribution in [0.5, 0.6) is 0 Å². The molecule has 0 radical (unpaired) electrons. The maximum Gasteiger partial charge on any atom is 0.137 e. The van der Waals surface area contributed by atoms with Gasteiger partial charge >= 0.3 is 0 Å². The number of nitrogens with one attached hydrogen (secondary N) is 1. The Hall–Kier alpha value is -1.32. The van der Waals surface area contributed by atoms with Crippen molar-refractivity contribution in [2.24, 2.45) is 5.92 Å². The van der Waals surface area contributed by atoms with Crippen LogP contribution in [-0.4, -0.2) is 29.6 Å². The zero-order chi connectivity index (χ0) is 13.0. The minimum atomic E-state index is 0.882. The van der Waals surface area contributed by atoms with Gasteiger partial charge in [0.1, 0.15) is 18.0 Å². The Morgan fingerprint density at radius 1 is 1.28 bits per heavy atom. The Labute approximate surface area is 110 Å². The van der Waals surface area contributed by atoms with Gasteiger partial charge in [-0.05, 0) is 39.0 Å². The van der Waals surface area contributed by atoms with E-state index < -0.39 is 0 Å². The first kappa shape index (κ1) is 13.1. The third kappa shape index (κ3) is 2.92. The molecule has 0 atom stereocenters. The summed E-state index contributed by atoms with van der Waals surface area (Å²) >= 11 is 0. The monoisotopic (exact) mass is 248 g/mol. The summed E-state index contributed by atoms with van der Waals surface area (Å²) in [5, 5.41) is 3.34. The van der Waals surface area contributed by atoms with E-state index in [1.54, 1.807) is 6.33 Å². The van der Waals surface area contributed by atoms with Crippen molar-refractivity contribution in [1.29, 1.82) is 0 Å². The van der Waals surface area contributed by atoms with Gasteiger partial charge in [0, 0.05) is 25.2 Å². The molecule has 1 aliphatic carbocycles. The zero-order valence-corrected chi connectivity index (χ0v) is 11.7. The molecule has 1 aromatic rings. The lowest BCUT2D eigenvalue weighted by Gasteiger charge is -2.25. The molecule has 0 saturated heterocycles. The highest BCUT2D eigenvalue weighted by Crippen LogP contribution is 2.32. The zero-order valence-electron chi connectivity index (χ0n) is 11.7. The highest BCUT2D eigenvalue weighted by atomic mass is 15.2. The largest absolute Gasteiger partial charge is 0.370 e. The lowest BCUT2D eigenvalue weighted by Crippen LogP contribution is -2.28. The highest BCUT2D eigenvalue weighted by molar-refractivity contribution is 5.58. The number of aromatic nitrogens is 2. The average molecular weight is 248 g/mol. The quantitative estimate of drug-likeness (QED) is 0.805. The molecule has 0 aliphatic heterocycles. The standard InChI is InChI=1S/C14H24N4/c1-4-12-13(15-5-2)16-10-17-14(12)18(6-3)9-11-7-8-11/h10-11H,4-9H2,1-3H3,(H,15,16,17). The van der Waals surface area contributed by atoms with Crippen LogP contribution < -0.4 is 10.2 Å². The van der Waals surface area contributed by atoms with E-state index in [0.29, 0.717) is 0 Å². The molecule has 4 heteroatoms. The second-order valence-corrected chi connectivity index (χ2v) is 4.89. The molecule has 1 heterocycles. The lowest BCUT2D eigenvalue weighted by atomic mass is 10.2. The molecule has 18 heavy (non-hydrogen) atoms. The van der Waals surface area contributed by atoms with E-state index in [-0.39, 0.29) is 0 Å². The van der Waals surface area contributed by atoms with Crippen molar-refractivity contribution in [3.05, 3.63) is 11.9 Å². The maximum atomic E-state index is 4.52. The van der Waals surface area contributed by atoms with Gasteiger partial charge in [-0.3, -0.25) is 0 Å². The first-order valence-corrected chi connectivity index (χ1v) is 7.12. The molecule has 0 unspecified atom stereocenters. The van der Waals surface area contributed by atoms with Crippen molar-refractivity contribution in [1.82, 2.24) is 9.97 Å². The van der Waals surface area contributed by atoms with Crippen molar-refractivity contribution in [2.75, 3.05) is 29.9 Å². The fourth-order valence-corrected chi connectivity index (χ4v) is 2.30. The topological polar surface area (TPSA) is 41.1 Å².